The lowest BCUT2D eigenvalue weighted by atomic mass is 10.1. The van der Waals surface area contributed by atoms with Crippen molar-refractivity contribution in [3.8, 4) is 0 Å². The molecule has 1 aliphatic heterocycles. The average Bonchev–Trinajstić information content (AvgIpc) is 2.62. The first-order valence-corrected chi connectivity index (χ1v) is 9.37. The van der Waals surface area contributed by atoms with Crippen LogP contribution in [0.5, 0.6) is 0 Å². The minimum absolute atomic E-state index is 0. The van der Waals surface area contributed by atoms with Crippen LogP contribution in [0.2, 0.25) is 10.0 Å². The maximum Gasteiger partial charge on any atom is 0.182 e. The highest BCUT2D eigenvalue weighted by Gasteiger charge is 2.20. The van der Waals surface area contributed by atoms with E-state index in [9.17, 15) is 4.79 Å². The summed E-state index contributed by atoms with van der Waals surface area (Å²) in [7, 11) is 0. The number of carbonyl (C=O) groups excluding carboxylic acids is 1. The topological polar surface area (TPSA) is 32.7 Å². The molecule has 0 radical (unpaired) electrons. The zero-order valence-corrected chi connectivity index (χ0v) is 17.4. The van der Waals surface area contributed by atoms with Crippen LogP contribution in [-0.2, 0) is 0 Å². The van der Waals surface area contributed by atoms with Gasteiger partial charge in [-0.25, -0.2) is 0 Å². The molecule has 0 bridgehead atoms. The van der Waals surface area contributed by atoms with Gasteiger partial charge in [-0.3, -0.25) is 9.79 Å². The number of nitrogens with zero attached hydrogens (tertiary/aromatic N) is 2. The fourth-order valence-electron chi connectivity index (χ4n) is 2.37. The van der Waals surface area contributed by atoms with E-state index in [4.69, 9.17) is 23.2 Å². The van der Waals surface area contributed by atoms with Gasteiger partial charge in [0.1, 0.15) is 0 Å². The number of Topliss-reactive ketones (excluding diaryl/α,β-unsaturated/α-hetero) is 1. The van der Waals surface area contributed by atoms with Crippen LogP contribution in [0.4, 0.5) is 5.69 Å². The number of amidine groups is 1. The van der Waals surface area contributed by atoms with Gasteiger partial charge in [0, 0.05) is 33.6 Å². The van der Waals surface area contributed by atoms with Crippen molar-refractivity contribution >= 4 is 68.6 Å². The van der Waals surface area contributed by atoms with E-state index >= 15 is 0 Å². The second-order valence-corrected chi connectivity index (χ2v) is 7.29. The zero-order valence-electron chi connectivity index (χ0n) is 13.3. The molecule has 0 atom stereocenters. The largest absolute Gasteiger partial charge is 0.313 e. The minimum Gasteiger partial charge on any atom is -0.313 e. The van der Waals surface area contributed by atoms with Crippen molar-refractivity contribution in [1.82, 2.24) is 0 Å². The molecule has 0 unspecified atom stereocenters. The van der Waals surface area contributed by atoms with Gasteiger partial charge < -0.3 is 4.90 Å². The Balaban J connectivity index is 0.00000225. The van der Waals surface area contributed by atoms with Crippen molar-refractivity contribution in [3.05, 3.63) is 64.1 Å². The molecular weight excluding hydrogens is 443 g/mol. The standard InChI is InChI=1S/C18H16Cl2N2OS.BrH/c19-14-4-2-13(3-5-14)17(23)12-22(18-21-10-1-11-24-18)16-8-6-15(20)7-9-16;/h2-9H,1,10-12H2;1H. The highest BCUT2D eigenvalue weighted by atomic mass is 79.9. The number of anilines is 1. The average molecular weight is 460 g/mol. The number of halogens is 3. The van der Waals surface area contributed by atoms with E-state index in [1.165, 1.54) is 0 Å². The summed E-state index contributed by atoms with van der Waals surface area (Å²) in [5, 5.41) is 2.17. The van der Waals surface area contributed by atoms with Gasteiger partial charge in [-0.15, -0.1) is 17.0 Å². The summed E-state index contributed by atoms with van der Waals surface area (Å²) in [4.78, 5) is 19.2. The smallest absolute Gasteiger partial charge is 0.182 e. The van der Waals surface area contributed by atoms with E-state index in [-0.39, 0.29) is 29.3 Å². The van der Waals surface area contributed by atoms with Crippen LogP contribution in [0.15, 0.2) is 53.5 Å². The predicted molar refractivity (Wildman–Crippen MR) is 114 cm³/mol. The first-order chi connectivity index (χ1) is 11.6. The summed E-state index contributed by atoms with van der Waals surface area (Å²) in [6.45, 7) is 1.02. The third-order valence-corrected chi connectivity index (χ3v) is 5.22. The lowest BCUT2D eigenvalue weighted by Gasteiger charge is -2.27. The first-order valence-electron chi connectivity index (χ1n) is 7.62. The fourth-order valence-corrected chi connectivity index (χ4v) is 3.59. The lowest BCUT2D eigenvalue weighted by Crippen LogP contribution is -2.35. The molecule has 3 nitrogen and oxygen atoms in total. The molecule has 132 valence electrons. The SMILES string of the molecule is Br.O=C(CN(C1=NCCCS1)c1ccc(Cl)cc1)c1ccc(Cl)cc1. The number of thioether (sulfide) groups is 1. The Morgan fingerprint density at radius 2 is 1.64 bits per heavy atom. The molecule has 2 aromatic rings. The molecule has 2 aromatic carbocycles. The Morgan fingerprint density at radius 3 is 2.20 bits per heavy atom. The second kappa shape index (κ2) is 9.62. The minimum atomic E-state index is 0. The Kier molecular flexibility index (Phi) is 7.81. The highest BCUT2D eigenvalue weighted by Crippen LogP contribution is 2.25. The van der Waals surface area contributed by atoms with E-state index in [0.717, 1.165) is 29.6 Å². The Labute approximate surface area is 172 Å². The molecule has 3 rings (SSSR count). The molecule has 0 saturated carbocycles. The monoisotopic (exact) mass is 458 g/mol. The van der Waals surface area contributed by atoms with Gasteiger partial charge in [-0.2, -0.15) is 0 Å². The fraction of sp³-hybridized carbons (Fsp3) is 0.222. The number of aliphatic imine (C=N–C) groups is 1. The van der Waals surface area contributed by atoms with Gasteiger partial charge in [0.15, 0.2) is 11.0 Å². The van der Waals surface area contributed by atoms with Crippen LogP contribution in [0.25, 0.3) is 0 Å². The summed E-state index contributed by atoms with van der Waals surface area (Å²) in [6.07, 6.45) is 1.06. The molecule has 1 aliphatic rings. The molecule has 0 spiro atoms. The first kappa shape index (κ1) is 20.3. The molecule has 0 amide bonds. The summed E-state index contributed by atoms with van der Waals surface area (Å²) < 4.78 is 0. The van der Waals surface area contributed by atoms with Crippen LogP contribution in [0, 0.1) is 0 Å². The highest BCUT2D eigenvalue weighted by molar-refractivity contribution is 8.93. The molecule has 0 saturated heterocycles. The quantitative estimate of drug-likeness (QED) is 0.545. The number of ketones is 1. The third-order valence-electron chi connectivity index (χ3n) is 3.62. The van der Waals surface area contributed by atoms with E-state index in [1.807, 2.05) is 29.2 Å². The van der Waals surface area contributed by atoms with Gasteiger partial charge >= 0.3 is 0 Å². The molecule has 25 heavy (non-hydrogen) atoms. The van der Waals surface area contributed by atoms with Gasteiger partial charge in [0.05, 0.1) is 6.54 Å². The van der Waals surface area contributed by atoms with Crippen LogP contribution in [0.1, 0.15) is 16.8 Å². The Morgan fingerprint density at radius 1 is 1.04 bits per heavy atom. The molecule has 0 aromatic heterocycles. The van der Waals surface area contributed by atoms with Crippen LogP contribution in [-0.4, -0.2) is 29.8 Å². The van der Waals surface area contributed by atoms with Crippen LogP contribution >= 0.6 is 51.9 Å². The molecule has 0 aliphatic carbocycles. The van der Waals surface area contributed by atoms with E-state index in [1.54, 1.807) is 36.0 Å². The molecule has 0 fully saturated rings. The van der Waals surface area contributed by atoms with Gasteiger partial charge in [0.25, 0.3) is 0 Å². The van der Waals surface area contributed by atoms with Crippen molar-refractivity contribution in [2.45, 2.75) is 6.42 Å². The number of hydrogen-bond acceptors (Lipinski definition) is 4. The molecule has 7 heteroatoms. The lowest BCUT2D eigenvalue weighted by molar-refractivity contribution is 0.100. The third kappa shape index (κ3) is 5.48. The van der Waals surface area contributed by atoms with Crippen molar-refractivity contribution in [3.63, 3.8) is 0 Å². The van der Waals surface area contributed by atoms with Gasteiger partial charge in [-0.1, -0.05) is 35.0 Å². The second-order valence-electron chi connectivity index (χ2n) is 5.36. The molecule has 1 heterocycles. The molecule has 0 N–H and O–H groups in total. The number of rotatable bonds is 4. The van der Waals surface area contributed by atoms with E-state index in [2.05, 4.69) is 4.99 Å². The number of hydrogen-bond donors (Lipinski definition) is 0. The van der Waals surface area contributed by atoms with E-state index < -0.39 is 0 Å². The van der Waals surface area contributed by atoms with Gasteiger partial charge in [0.2, 0.25) is 0 Å². The number of benzene rings is 2. The summed E-state index contributed by atoms with van der Waals surface area (Å²) >= 11 is 13.6. The summed E-state index contributed by atoms with van der Waals surface area (Å²) in [5.41, 5.74) is 1.55. The van der Waals surface area contributed by atoms with E-state index in [0.29, 0.717) is 15.6 Å². The summed E-state index contributed by atoms with van der Waals surface area (Å²) in [5.74, 6) is 1.04. The van der Waals surface area contributed by atoms with Gasteiger partial charge in [-0.05, 0) is 55.0 Å². The maximum absolute atomic E-state index is 12.7. The Hall–Kier alpha value is -1.01. The maximum atomic E-state index is 12.7. The van der Waals surface area contributed by atoms with Crippen molar-refractivity contribution < 1.29 is 4.79 Å². The number of carbonyl (C=O) groups is 1. The summed E-state index contributed by atoms with van der Waals surface area (Å²) in [6, 6.07) is 14.4. The van der Waals surface area contributed by atoms with Crippen molar-refractivity contribution in [2.24, 2.45) is 4.99 Å². The molecular formula is C18H17BrCl2N2OS. The van der Waals surface area contributed by atoms with Crippen molar-refractivity contribution in [1.29, 1.82) is 0 Å². The van der Waals surface area contributed by atoms with Crippen molar-refractivity contribution in [2.75, 3.05) is 23.7 Å². The normalized spacial score (nSPS) is 13.6. The van der Waals surface area contributed by atoms with Crippen LogP contribution in [0.3, 0.4) is 0 Å². The Bertz CT molecular complexity index is 751. The van der Waals surface area contributed by atoms with Crippen LogP contribution < -0.4 is 4.90 Å². The predicted octanol–water partition coefficient (Wildman–Crippen LogP) is 5.75. The zero-order chi connectivity index (χ0) is 16.9.